The molecule has 92 valence electrons. The molecular formula is C10H20N4O2. The summed E-state index contributed by atoms with van der Waals surface area (Å²) in [6.45, 7) is 4.96. The third-order valence-electron chi connectivity index (χ3n) is 1.92. The topological polar surface area (TPSA) is 86.2 Å². The zero-order valence-electron chi connectivity index (χ0n) is 9.74. The van der Waals surface area contributed by atoms with Crippen LogP contribution in [0.2, 0.25) is 0 Å². The van der Waals surface area contributed by atoms with Gasteiger partial charge in [0.15, 0.2) is 0 Å². The predicted molar refractivity (Wildman–Crippen MR) is 61.3 cm³/mol. The van der Waals surface area contributed by atoms with Gasteiger partial charge in [-0.3, -0.25) is 0 Å². The molecule has 1 heterocycles. The molecule has 0 fully saturated rings. The van der Waals surface area contributed by atoms with Crippen LogP contribution in [0.1, 0.15) is 25.7 Å². The van der Waals surface area contributed by atoms with Crippen molar-refractivity contribution in [3.63, 3.8) is 0 Å². The van der Waals surface area contributed by atoms with Crippen LogP contribution in [0.15, 0.2) is 4.42 Å². The maximum Gasteiger partial charge on any atom is 0.315 e. The summed E-state index contributed by atoms with van der Waals surface area (Å²) in [5.74, 6) is 0.576. The molecule has 6 nitrogen and oxygen atoms in total. The summed E-state index contributed by atoms with van der Waals surface area (Å²) in [5.41, 5.74) is 5.37. The summed E-state index contributed by atoms with van der Waals surface area (Å²) < 4.78 is 10.6. The van der Waals surface area contributed by atoms with Gasteiger partial charge in [-0.2, -0.15) is 0 Å². The summed E-state index contributed by atoms with van der Waals surface area (Å²) in [5, 5.41) is 10.7. The number of aromatic nitrogens is 2. The Morgan fingerprint density at radius 2 is 2.25 bits per heavy atom. The van der Waals surface area contributed by atoms with E-state index in [0.717, 1.165) is 32.6 Å². The van der Waals surface area contributed by atoms with E-state index in [2.05, 4.69) is 22.4 Å². The second kappa shape index (κ2) is 8.06. The lowest BCUT2D eigenvalue weighted by atomic mass is 10.4. The molecule has 0 saturated heterocycles. The molecule has 6 heteroatoms. The fourth-order valence-electron chi connectivity index (χ4n) is 1.17. The maximum atomic E-state index is 5.37. The summed E-state index contributed by atoms with van der Waals surface area (Å²) >= 11 is 0. The Kier molecular flexibility index (Phi) is 6.52. The van der Waals surface area contributed by atoms with Crippen LogP contribution in [-0.4, -0.2) is 36.5 Å². The minimum atomic E-state index is 0.457. The van der Waals surface area contributed by atoms with Crippen molar-refractivity contribution < 1.29 is 9.15 Å². The largest absolute Gasteiger partial charge is 0.408 e. The van der Waals surface area contributed by atoms with Gasteiger partial charge in [-0.25, -0.2) is 0 Å². The lowest BCUT2D eigenvalue weighted by molar-refractivity contribution is 0.134. The van der Waals surface area contributed by atoms with Crippen LogP contribution in [0.3, 0.4) is 0 Å². The highest BCUT2D eigenvalue weighted by atomic mass is 16.5. The molecule has 0 unspecified atom stereocenters. The van der Waals surface area contributed by atoms with Crippen molar-refractivity contribution in [1.29, 1.82) is 0 Å². The van der Waals surface area contributed by atoms with Crippen molar-refractivity contribution in [2.24, 2.45) is 5.73 Å². The minimum absolute atomic E-state index is 0.457. The molecule has 0 atom stereocenters. The zero-order valence-corrected chi connectivity index (χ0v) is 9.74. The SMILES string of the molecule is CCCOCCCNc1nnc(CCN)o1. The van der Waals surface area contributed by atoms with Gasteiger partial charge in [0.25, 0.3) is 0 Å². The van der Waals surface area contributed by atoms with E-state index in [4.69, 9.17) is 14.9 Å². The molecule has 1 aromatic rings. The number of hydrogen-bond acceptors (Lipinski definition) is 6. The molecule has 0 spiro atoms. The normalized spacial score (nSPS) is 10.6. The van der Waals surface area contributed by atoms with Gasteiger partial charge in [-0.05, 0) is 12.8 Å². The Balaban J connectivity index is 2.07. The quantitative estimate of drug-likeness (QED) is 0.608. The number of nitrogens with one attached hydrogen (secondary N) is 1. The lowest BCUT2D eigenvalue weighted by Gasteiger charge is -2.02. The lowest BCUT2D eigenvalue weighted by Crippen LogP contribution is -2.06. The van der Waals surface area contributed by atoms with Gasteiger partial charge in [-0.1, -0.05) is 12.0 Å². The summed E-state index contributed by atoms with van der Waals surface area (Å²) in [6.07, 6.45) is 2.60. The monoisotopic (exact) mass is 228 g/mol. The van der Waals surface area contributed by atoms with Crippen molar-refractivity contribution in [2.45, 2.75) is 26.2 Å². The number of anilines is 1. The second-order valence-electron chi connectivity index (χ2n) is 3.43. The molecule has 0 amide bonds. The Morgan fingerprint density at radius 1 is 1.38 bits per heavy atom. The number of nitrogens with zero attached hydrogens (tertiary/aromatic N) is 2. The van der Waals surface area contributed by atoms with Crippen molar-refractivity contribution in [3.05, 3.63) is 5.89 Å². The molecule has 0 aromatic carbocycles. The first-order valence-electron chi connectivity index (χ1n) is 5.71. The first-order valence-corrected chi connectivity index (χ1v) is 5.71. The molecule has 3 N–H and O–H groups in total. The highest BCUT2D eigenvalue weighted by Crippen LogP contribution is 2.05. The van der Waals surface area contributed by atoms with Crippen LogP contribution in [0.5, 0.6) is 0 Å². The summed E-state index contributed by atoms with van der Waals surface area (Å²) in [6, 6.07) is 0.457. The van der Waals surface area contributed by atoms with Crippen molar-refractivity contribution in [1.82, 2.24) is 10.2 Å². The predicted octanol–water partition coefficient (Wildman–Crippen LogP) is 0.799. The fourth-order valence-corrected chi connectivity index (χ4v) is 1.17. The average molecular weight is 228 g/mol. The van der Waals surface area contributed by atoms with Gasteiger partial charge in [0.2, 0.25) is 5.89 Å². The zero-order chi connectivity index (χ0) is 11.6. The summed E-state index contributed by atoms with van der Waals surface area (Å²) in [7, 11) is 0. The van der Waals surface area contributed by atoms with Crippen LogP contribution < -0.4 is 11.1 Å². The molecule has 0 radical (unpaired) electrons. The molecule has 1 rings (SSSR count). The number of hydrogen-bond donors (Lipinski definition) is 2. The molecule has 0 aliphatic carbocycles. The maximum absolute atomic E-state index is 5.37. The molecule has 0 bridgehead atoms. The first kappa shape index (κ1) is 12.9. The van der Waals surface area contributed by atoms with E-state index < -0.39 is 0 Å². The standard InChI is InChI=1S/C10H20N4O2/c1-2-7-15-8-3-6-12-10-14-13-9(16-10)4-5-11/h2-8,11H2,1H3,(H,12,14). The van der Waals surface area contributed by atoms with Crippen LogP contribution in [0, 0.1) is 0 Å². The second-order valence-corrected chi connectivity index (χ2v) is 3.43. The van der Waals surface area contributed by atoms with Crippen LogP contribution in [-0.2, 0) is 11.2 Å². The minimum Gasteiger partial charge on any atom is -0.408 e. The van der Waals surface area contributed by atoms with Gasteiger partial charge in [0.05, 0.1) is 0 Å². The third kappa shape index (κ3) is 5.09. The molecule has 0 saturated carbocycles. The Bertz CT molecular complexity index is 278. The van der Waals surface area contributed by atoms with Crippen molar-refractivity contribution in [2.75, 3.05) is 31.6 Å². The van der Waals surface area contributed by atoms with Gasteiger partial charge in [0, 0.05) is 32.7 Å². The van der Waals surface area contributed by atoms with Crippen molar-refractivity contribution in [3.8, 4) is 0 Å². The van der Waals surface area contributed by atoms with Gasteiger partial charge < -0.3 is 20.2 Å². The number of rotatable bonds is 9. The molecule has 0 aliphatic heterocycles. The van der Waals surface area contributed by atoms with E-state index in [1.54, 1.807) is 0 Å². The van der Waals surface area contributed by atoms with Gasteiger partial charge in [-0.15, -0.1) is 5.10 Å². The van der Waals surface area contributed by atoms with E-state index in [9.17, 15) is 0 Å². The van der Waals surface area contributed by atoms with E-state index >= 15 is 0 Å². The van der Waals surface area contributed by atoms with Gasteiger partial charge >= 0.3 is 6.01 Å². The molecule has 16 heavy (non-hydrogen) atoms. The smallest absolute Gasteiger partial charge is 0.315 e. The highest BCUT2D eigenvalue weighted by Gasteiger charge is 2.03. The Labute approximate surface area is 95.6 Å². The van der Waals surface area contributed by atoms with Crippen LogP contribution >= 0.6 is 0 Å². The van der Waals surface area contributed by atoms with Crippen LogP contribution in [0.25, 0.3) is 0 Å². The molecule has 0 aliphatic rings. The first-order chi connectivity index (χ1) is 7.86. The third-order valence-corrected chi connectivity index (χ3v) is 1.92. The summed E-state index contributed by atoms with van der Waals surface area (Å²) in [4.78, 5) is 0. The molecule has 1 aromatic heterocycles. The van der Waals surface area contributed by atoms with E-state index in [0.29, 0.717) is 24.9 Å². The van der Waals surface area contributed by atoms with E-state index in [1.807, 2.05) is 0 Å². The number of nitrogens with two attached hydrogens (primary N) is 1. The average Bonchev–Trinajstić information content (AvgIpc) is 2.72. The van der Waals surface area contributed by atoms with Crippen LogP contribution in [0.4, 0.5) is 6.01 Å². The Hall–Kier alpha value is -1.14. The number of ether oxygens (including phenoxy) is 1. The van der Waals surface area contributed by atoms with Crippen molar-refractivity contribution >= 4 is 6.01 Å². The van der Waals surface area contributed by atoms with Gasteiger partial charge in [0.1, 0.15) is 0 Å². The highest BCUT2D eigenvalue weighted by molar-refractivity contribution is 5.16. The van der Waals surface area contributed by atoms with E-state index in [1.165, 1.54) is 0 Å². The molecular weight excluding hydrogens is 208 g/mol. The fraction of sp³-hybridized carbons (Fsp3) is 0.800. The Morgan fingerprint density at radius 3 is 3.00 bits per heavy atom. The van der Waals surface area contributed by atoms with E-state index in [-0.39, 0.29) is 0 Å².